The van der Waals surface area contributed by atoms with Crippen LogP contribution in [0.25, 0.3) is 6.08 Å². The minimum Gasteiger partial charge on any atom is -0.289 e. The number of hydrogen-bond donors (Lipinski definition) is 0. The Hall–Kier alpha value is -1.45. The first-order chi connectivity index (χ1) is 9.65. The van der Waals surface area contributed by atoms with Crippen LogP contribution in [0.3, 0.4) is 0 Å². The van der Waals surface area contributed by atoms with Crippen molar-refractivity contribution in [3.8, 4) is 0 Å². The number of ketones is 1. The van der Waals surface area contributed by atoms with Gasteiger partial charge in [-0.1, -0.05) is 62.2 Å². The molecule has 0 radical (unpaired) electrons. The molecule has 0 spiro atoms. The van der Waals surface area contributed by atoms with Crippen LogP contribution < -0.4 is 0 Å². The topological polar surface area (TPSA) is 17.1 Å². The van der Waals surface area contributed by atoms with Crippen molar-refractivity contribution >= 4 is 43.7 Å². The van der Waals surface area contributed by atoms with E-state index in [2.05, 4.69) is 31.9 Å². The van der Waals surface area contributed by atoms with Crippen molar-refractivity contribution < 1.29 is 4.79 Å². The number of carbonyl (C=O) groups is 1. The van der Waals surface area contributed by atoms with Gasteiger partial charge in [-0.2, -0.15) is 0 Å². The average molecular weight is 392 g/mol. The molecule has 0 saturated carbocycles. The summed E-state index contributed by atoms with van der Waals surface area (Å²) in [5.41, 5.74) is 1.75. The summed E-state index contributed by atoms with van der Waals surface area (Å²) < 4.78 is 1.82. The van der Waals surface area contributed by atoms with Gasteiger partial charge in [-0.25, -0.2) is 0 Å². The molecule has 0 fully saturated rings. The highest BCUT2D eigenvalue weighted by molar-refractivity contribution is 9.12. The van der Waals surface area contributed by atoms with Crippen LogP contribution in [0.5, 0.6) is 0 Å². The predicted octanol–water partition coefficient (Wildman–Crippen LogP) is 5.62. The third kappa shape index (κ3) is 4.58. The predicted molar refractivity (Wildman–Crippen MR) is 91.0 cm³/mol. The van der Waals surface area contributed by atoms with Crippen LogP contribution in [0, 0.1) is 0 Å². The summed E-state index contributed by atoms with van der Waals surface area (Å²) in [6.07, 6.45) is 5.29. The molecule has 20 heavy (non-hydrogen) atoms. The Morgan fingerprint density at radius 1 is 0.900 bits per heavy atom. The maximum absolute atomic E-state index is 12.0. The van der Waals surface area contributed by atoms with Crippen molar-refractivity contribution in [1.82, 2.24) is 0 Å². The van der Waals surface area contributed by atoms with E-state index in [1.165, 1.54) is 0 Å². The summed E-state index contributed by atoms with van der Waals surface area (Å²) in [5, 5.41) is 0. The zero-order valence-corrected chi connectivity index (χ0v) is 13.8. The van der Waals surface area contributed by atoms with Gasteiger partial charge in [-0.05, 0) is 48.1 Å². The standard InChI is InChI=1S/C17H12Br2O/c18-15-8-6-14(7-9-15)17(20)11-10-16(19)12-13-4-2-1-3-5-13/h1-12H/b11-10+,16-12+. The number of halogens is 2. The Kier molecular flexibility index (Phi) is 5.50. The monoisotopic (exact) mass is 390 g/mol. The summed E-state index contributed by atoms with van der Waals surface area (Å²) in [5.74, 6) is -0.0177. The van der Waals surface area contributed by atoms with Gasteiger partial charge >= 0.3 is 0 Å². The van der Waals surface area contributed by atoms with Crippen LogP contribution in [0.4, 0.5) is 0 Å². The van der Waals surface area contributed by atoms with E-state index >= 15 is 0 Å². The molecular formula is C17H12Br2O. The third-order valence-electron chi connectivity index (χ3n) is 2.63. The van der Waals surface area contributed by atoms with Crippen molar-refractivity contribution in [2.45, 2.75) is 0 Å². The molecule has 0 aliphatic carbocycles. The SMILES string of the molecule is O=C(/C=C/C(Br)=C\c1ccccc1)c1ccc(Br)cc1. The van der Waals surface area contributed by atoms with Gasteiger partial charge in [0.25, 0.3) is 0 Å². The molecular weight excluding hydrogens is 380 g/mol. The van der Waals surface area contributed by atoms with Gasteiger partial charge in [0.2, 0.25) is 0 Å². The van der Waals surface area contributed by atoms with Crippen molar-refractivity contribution in [2.75, 3.05) is 0 Å². The molecule has 0 amide bonds. The highest BCUT2D eigenvalue weighted by Gasteiger charge is 2.00. The highest BCUT2D eigenvalue weighted by Crippen LogP contribution is 2.15. The first kappa shape index (κ1) is 14.9. The first-order valence-electron chi connectivity index (χ1n) is 6.05. The highest BCUT2D eigenvalue weighted by atomic mass is 79.9. The van der Waals surface area contributed by atoms with E-state index in [9.17, 15) is 4.79 Å². The molecule has 2 aromatic carbocycles. The normalized spacial score (nSPS) is 11.8. The van der Waals surface area contributed by atoms with Crippen LogP contribution >= 0.6 is 31.9 Å². The van der Waals surface area contributed by atoms with E-state index in [0.717, 1.165) is 14.5 Å². The van der Waals surface area contributed by atoms with E-state index in [1.54, 1.807) is 24.3 Å². The smallest absolute Gasteiger partial charge is 0.185 e. The summed E-state index contributed by atoms with van der Waals surface area (Å²) in [6.45, 7) is 0. The second-order valence-electron chi connectivity index (χ2n) is 4.14. The molecule has 2 rings (SSSR count). The molecule has 0 atom stereocenters. The van der Waals surface area contributed by atoms with Crippen LogP contribution in [0.2, 0.25) is 0 Å². The lowest BCUT2D eigenvalue weighted by molar-refractivity contribution is 0.104. The molecule has 1 nitrogen and oxygen atoms in total. The van der Waals surface area contributed by atoms with Crippen LogP contribution in [0.1, 0.15) is 15.9 Å². The van der Waals surface area contributed by atoms with Crippen molar-refractivity contribution in [2.24, 2.45) is 0 Å². The molecule has 100 valence electrons. The summed E-state index contributed by atoms with van der Waals surface area (Å²) in [7, 11) is 0. The molecule has 0 saturated heterocycles. The minimum absolute atomic E-state index is 0.0177. The average Bonchev–Trinajstić information content (AvgIpc) is 2.46. The maximum Gasteiger partial charge on any atom is 0.185 e. The summed E-state index contributed by atoms with van der Waals surface area (Å²) >= 11 is 6.79. The largest absolute Gasteiger partial charge is 0.289 e. The Balaban J connectivity index is 2.07. The molecule has 3 heteroatoms. The van der Waals surface area contributed by atoms with Gasteiger partial charge in [0, 0.05) is 14.5 Å². The Bertz CT molecular complexity index is 640. The molecule has 0 bridgehead atoms. The van der Waals surface area contributed by atoms with Crippen molar-refractivity contribution in [1.29, 1.82) is 0 Å². The van der Waals surface area contributed by atoms with Gasteiger partial charge in [-0.15, -0.1) is 0 Å². The van der Waals surface area contributed by atoms with Crippen LogP contribution in [0.15, 0.2) is 75.7 Å². The quantitative estimate of drug-likeness (QED) is 0.375. The molecule has 0 N–H and O–H groups in total. The van der Waals surface area contributed by atoms with Crippen molar-refractivity contribution in [3.63, 3.8) is 0 Å². The molecule has 0 heterocycles. The van der Waals surface area contributed by atoms with Gasteiger partial charge in [0.15, 0.2) is 5.78 Å². The number of carbonyl (C=O) groups excluding carboxylic acids is 1. The van der Waals surface area contributed by atoms with E-state index in [0.29, 0.717) is 5.56 Å². The molecule has 2 aromatic rings. The molecule has 0 aromatic heterocycles. The molecule has 0 unspecified atom stereocenters. The first-order valence-corrected chi connectivity index (χ1v) is 7.64. The molecule has 0 aliphatic rings. The number of hydrogen-bond acceptors (Lipinski definition) is 1. The lowest BCUT2D eigenvalue weighted by Crippen LogP contribution is -1.93. The van der Waals surface area contributed by atoms with E-state index in [-0.39, 0.29) is 5.78 Å². The summed E-state index contributed by atoms with van der Waals surface area (Å²) in [6, 6.07) is 17.2. The van der Waals surface area contributed by atoms with Crippen molar-refractivity contribution in [3.05, 3.63) is 86.8 Å². The lowest BCUT2D eigenvalue weighted by Gasteiger charge is -1.96. The van der Waals surface area contributed by atoms with Gasteiger partial charge in [-0.3, -0.25) is 4.79 Å². The van der Waals surface area contributed by atoms with Crippen LogP contribution in [-0.4, -0.2) is 5.78 Å². The molecule has 0 aliphatic heterocycles. The van der Waals surface area contributed by atoms with Crippen LogP contribution in [-0.2, 0) is 0 Å². The Labute approximate surface area is 135 Å². The lowest BCUT2D eigenvalue weighted by atomic mass is 10.1. The van der Waals surface area contributed by atoms with Gasteiger partial charge in [0.05, 0.1) is 0 Å². The van der Waals surface area contributed by atoms with E-state index in [1.807, 2.05) is 48.5 Å². The second kappa shape index (κ2) is 7.36. The minimum atomic E-state index is -0.0177. The zero-order chi connectivity index (χ0) is 14.4. The third-order valence-corrected chi connectivity index (χ3v) is 3.65. The fraction of sp³-hybridized carbons (Fsp3) is 0. The fourth-order valence-electron chi connectivity index (χ4n) is 1.62. The van der Waals surface area contributed by atoms with E-state index < -0.39 is 0 Å². The zero-order valence-electron chi connectivity index (χ0n) is 10.6. The second-order valence-corrected chi connectivity index (χ2v) is 5.98. The number of rotatable bonds is 4. The van der Waals surface area contributed by atoms with E-state index in [4.69, 9.17) is 0 Å². The fourth-order valence-corrected chi connectivity index (χ4v) is 2.28. The maximum atomic E-state index is 12.0. The van der Waals surface area contributed by atoms with Gasteiger partial charge in [0.1, 0.15) is 0 Å². The summed E-state index contributed by atoms with van der Waals surface area (Å²) in [4.78, 5) is 12.0. The Morgan fingerprint density at radius 2 is 1.55 bits per heavy atom. The number of benzene rings is 2. The number of allylic oxidation sites excluding steroid dienone is 3. The Morgan fingerprint density at radius 3 is 2.20 bits per heavy atom. The van der Waals surface area contributed by atoms with Gasteiger partial charge < -0.3 is 0 Å².